The van der Waals surface area contributed by atoms with E-state index in [0.717, 1.165) is 4.68 Å². The van der Waals surface area contributed by atoms with Crippen molar-refractivity contribution in [2.24, 2.45) is 5.92 Å². The van der Waals surface area contributed by atoms with Gasteiger partial charge in [0.15, 0.2) is 5.69 Å². The first-order valence-corrected chi connectivity index (χ1v) is 9.18. The zero-order chi connectivity index (χ0) is 19.5. The predicted molar refractivity (Wildman–Crippen MR) is 88.5 cm³/mol. The Labute approximate surface area is 157 Å². The highest BCUT2D eigenvalue weighted by Crippen LogP contribution is 2.41. The second kappa shape index (κ2) is 8.41. The van der Waals surface area contributed by atoms with Crippen molar-refractivity contribution >= 4 is 27.9 Å². The molecule has 1 aromatic rings. The van der Waals surface area contributed by atoms with Crippen LogP contribution in [0.2, 0.25) is 0 Å². The summed E-state index contributed by atoms with van der Waals surface area (Å²) in [7, 11) is 0. The van der Waals surface area contributed by atoms with Crippen molar-refractivity contribution in [1.29, 1.82) is 0 Å². The van der Waals surface area contributed by atoms with Crippen molar-refractivity contribution in [3.05, 3.63) is 15.9 Å². The van der Waals surface area contributed by atoms with E-state index in [4.69, 9.17) is 9.47 Å². The number of alkyl halides is 3. The summed E-state index contributed by atoms with van der Waals surface area (Å²) >= 11 is 2.95. The maximum absolute atomic E-state index is 13.6. The topological polar surface area (TPSA) is 70.4 Å². The summed E-state index contributed by atoms with van der Waals surface area (Å²) < 4.78 is 51.2. The molecule has 1 fully saturated rings. The van der Waals surface area contributed by atoms with Crippen LogP contribution in [0.3, 0.4) is 0 Å². The average molecular weight is 441 g/mol. The van der Waals surface area contributed by atoms with Crippen LogP contribution in [0.25, 0.3) is 0 Å². The van der Waals surface area contributed by atoms with Gasteiger partial charge in [-0.3, -0.25) is 9.48 Å². The number of halogens is 4. The molecule has 0 spiro atoms. The molecular weight excluding hydrogens is 421 g/mol. The summed E-state index contributed by atoms with van der Waals surface area (Å²) in [6, 6.07) is -0.559. The van der Waals surface area contributed by atoms with Crippen LogP contribution in [0, 0.1) is 5.92 Å². The lowest BCUT2D eigenvalue weighted by Gasteiger charge is -2.28. The quantitative estimate of drug-likeness (QED) is 0.643. The monoisotopic (exact) mass is 440 g/mol. The van der Waals surface area contributed by atoms with Crippen molar-refractivity contribution in [2.45, 2.75) is 51.7 Å². The minimum Gasteiger partial charge on any atom is -0.466 e. The first-order chi connectivity index (χ1) is 12.2. The number of carbonyl (C=O) groups excluding carboxylic acids is 2. The van der Waals surface area contributed by atoms with E-state index in [9.17, 15) is 22.8 Å². The lowest BCUT2D eigenvalue weighted by Crippen LogP contribution is -2.28. The van der Waals surface area contributed by atoms with E-state index < -0.39 is 29.4 Å². The number of ether oxygens (including phenoxy) is 2. The van der Waals surface area contributed by atoms with Gasteiger partial charge in [-0.15, -0.1) is 0 Å². The Morgan fingerprint density at radius 3 is 2.23 bits per heavy atom. The third-order valence-corrected chi connectivity index (χ3v) is 4.83. The molecule has 146 valence electrons. The molecule has 1 aliphatic rings. The molecule has 0 saturated heterocycles. The average Bonchev–Trinajstić information content (AvgIpc) is 2.93. The van der Waals surface area contributed by atoms with Crippen LogP contribution in [0.5, 0.6) is 0 Å². The molecule has 1 aliphatic carbocycles. The second-order valence-corrected chi connectivity index (χ2v) is 6.69. The maximum Gasteiger partial charge on any atom is 0.433 e. The molecule has 10 heteroatoms. The van der Waals surface area contributed by atoms with Gasteiger partial charge in [0.2, 0.25) is 0 Å². The van der Waals surface area contributed by atoms with Gasteiger partial charge >= 0.3 is 18.1 Å². The van der Waals surface area contributed by atoms with Crippen molar-refractivity contribution < 1.29 is 32.2 Å². The van der Waals surface area contributed by atoms with Gasteiger partial charge in [0, 0.05) is 0 Å². The smallest absolute Gasteiger partial charge is 0.433 e. The van der Waals surface area contributed by atoms with E-state index in [2.05, 4.69) is 21.0 Å². The Morgan fingerprint density at radius 2 is 1.73 bits per heavy atom. The number of hydrogen-bond donors (Lipinski definition) is 0. The lowest BCUT2D eigenvalue weighted by molar-refractivity contribution is -0.151. The van der Waals surface area contributed by atoms with Crippen LogP contribution in [0.4, 0.5) is 13.2 Å². The number of carbonyl (C=O) groups is 2. The normalized spacial score (nSPS) is 20.7. The van der Waals surface area contributed by atoms with Crippen LogP contribution in [-0.4, -0.2) is 34.9 Å². The maximum atomic E-state index is 13.6. The standard InChI is InChI=1S/C16H20BrF3N2O4/c1-3-25-14(23)9-5-7-10(8-6-9)22-12(16(18,19)20)11(13(17)21-22)15(24)26-4-2/h9-10H,3-8H2,1-2H3. The van der Waals surface area contributed by atoms with Crippen molar-refractivity contribution in [3.8, 4) is 0 Å². The summed E-state index contributed by atoms with van der Waals surface area (Å²) in [4.78, 5) is 23.8. The minimum absolute atomic E-state index is 0.0433. The summed E-state index contributed by atoms with van der Waals surface area (Å²) in [5.41, 5.74) is -1.74. The fraction of sp³-hybridized carbons (Fsp3) is 0.688. The van der Waals surface area contributed by atoms with Crippen molar-refractivity contribution in [2.75, 3.05) is 13.2 Å². The number of hydrogen-bond acceptors (Lipinski definition) is 5. The van der Waals surface area contributed by atoms with Gasteiger partial charge in [-0.25, -0.2) is 4.79 Å². The molecule has 1 aromatic heterocycles. The van der Waals surface area contributed by atoms with Crippen LogP contribution < -0.4 is 0 Å². The molecule has 1 heterocycles. The fourth-order valence-corrected chi connectivity index (χ4v) is 3.66. The molecule has 6 nitrogen and oxygen atoms in total. The zero-order valence-corrected chi connectivity index (χ0v) is 16.0. The van der Waals surface area contributed by atoms with Gasteiger partial charge in [-0.2, -0.15) is 18.3 Å². The molecule has 1 saturated carbocycles. The van der Waals surface area contributed by atoms with E-state index in [-0.39, 0.29) is 29.7 Å². The Bertz CT molecular complexity index is 667. The Balaban J connectivity index is 2.29. The largest absolute Gasteiger partial charge is 0.466 e. The summed E-state index contributed by atoms with van der Waals surface area (Å²) in [6.45, 7) is 3.45. The molecule has 0 N–H and O–H groups in total. The van der Waals surface area contributed by atoms with E-state index in [0.29, 0.717) is 25.7 Å². The highest BCUT2D eigenvalue weighted by Gasteiger charge is 2.44. The number of aromatic nitrogens is 2. The lowest BCUT2D eigenvalue weighted by atomic mass is 9.86. The zero-order valence-electron chi connectivity index (χ0n) is 14.4. The SMILES string of the molecule is CCOC(=O)c1c(Br)nn(C2CCC(C(=O)OCC)CC2)c1C(F)(F)F. The molecule has 0 unspecified atom stereocenters. The van der Waals surface area contributed by atoms with Crippen LogP contribution in [0.15, 0.2) is 4.60 Å². The van der Waals surface area contributed by atoms with Gasteiger partial charge in [0.25, 0.3) is 0 Å². The molecule has 0 radical (unpaired) electrons. The fourth-order valence-electron chi connectivity index (χ4n) is 3.14. The highest BCUT2D eigenvalue weighted by atomic mass is 79.9. The molecule has 0 atom stereocenters. The van der Waals surface area contributed by atoms with Gasteiger partial charge in [0.1, 0.15) is 10.2 Å². The van der Waals surface area contributed by atoms with E-state index in [1.807, 2.05) is 0 Å². The molecule has 0 bridgehead atoms. The second-order valence-electron chi connectivity index (χ2n) is 5.93. The number of nitrogens with zero attached hydrogens (tertiary/aromatic N) is 2. The molecule has 26 heavy (non-hydrogen) atoms. The van der Waals surface area contributed by atoms with Gasteiger partial charge in [-0.05, 0) is 55.5 Å². The van der Waals surface area contributed by atoms with Crippen molar-refractivity contribution in [1.82, 2.24) is 9.78 Å². The van der Waals surface area contributed by atoms with Gasteiger partial charge in [0.05, 0.1) is 25.2 Å². The highest BCUT2D eigenvalue weighted by molar-refractivity contribution is 9.10. The molecule has 0 aromatic carbocycles. The van der Waals surface area contributed by atoms with Crippen molar-refractivity contribution in [3.63, 3.8) is 0 Å². The van der Waals surface area contributed by atoms with Gasteiger partial charge < -0.3 is 9.47 Å². The minimum atomic E-state index is -4.76. The van der Waals surface area contributed by atoms with Gasteiger partial charge in [-0.1, -0.05) is 0 Å². The Hall–Kier alpha value is -1.58. The van der Waals surface area contributed by atoms with Crippen LogP contribution >= 0.6 is 15.9 Å². The summed E-state index contributed by atoms with van der Waals surface area (Å²) in [5, 5.41) is 3.91. The van der Waals surface area contributed by atoms with E-state index >= 15 is 0 Å². The Morgan fingerprint density at radius 1 is 1.15 bits per heavy atom. The molecule has 0 aliphatic heterocycles. The summed E-state index contributed by atoms with van der Waals surface area (Å²) in [5.74, 6) is -1.71. The number of esters is 2. The predicted octanol–water partition coefficient (Wildman–Crippen LogP) is 4.14. The summed E-state index contributed by atoms with van der Waals surface area (Å²) in [6.07, 6.45) is -3.27. The first kappa shape index (κ1) is 20.7. The third kappa shape index (κ3) is 4.39. The third-order valence-electron chi connectivity index (χ3n) is 4.28. The van der Waals surface area contributed by atoms with Crippen LogP contribution in [-0.2, 0) is 20.4 Å². The van der Waals surface area contributed by atoms with Crippen LogP contribution in [0.1, 0.15) is 61.6 Å². The molecule has 0 amide bonds. The first-order valence-electron chi connectivity index (χ1n) is 8.39. The molecule has 2 rings (SSSR count). The molecular formula is C16H20BrF3N2O4. The Kier molecular flexibility index (Phi) is 6.70. The van der Waals surface area contributed by atoms with E-state index in [1.165, 1.54) is 6.92 Å². The van der Waals surface area contributed by atoms with E-state index in [1.54, 1.807) is 6.92 Å². The number of rotatable bonds is 5.